The van der Waals surface area contributed by atoms with Crippen molar-refractivity contribution in [3.8, 4) is 11.1 Å². The van der Waals surface area contributed by atoms with Crippen LogP contribution in [0.1, 0.15) is 29.0 Å². The summed E-state index contributed by atoms with van der Waals surface area (Å²) in [4.78, 5) is 28.5. The molecule has 0 radical (unpaired) electrons. The summed E-state index contributed by atoms with van der Waals surface area (Å²) in [7, 11) is 0. The lowest BCUT2D eigenvalue weighted by molar-refractivity contribution is 0.102. The van der Waals surface area contributed by atoms with Gasteiger partial charge >= 0.3 is 0 Å². The van der Waals surface area contributed by atoms with Crippen LogP contribution in [0, 0.1) is 0 Å². The maximum atomic E-state index is 12.6. The molecule has 30 heavy (non-hydrogen) atoms. The number of fused-ring (bicyclic) bond motifs is 1. The van der Waals surface area contributed by atoms with Crippen molar-refractivity contribution in [1.82, 2.24) is 19.9 Å². The van der Waals surface area contributed by atoms with E-state index in [0.29, 0.717) is 10.8 Å². The minimum absolute atomic E-state index is 0.263. The normalized spacial score (nSPS) is 14.3. The molecule has 0 aliphatic carbocycles. The highest BCUT2D eigenvalue weighted by Gasteiger charge is 2.14. The SMILES string of the molecule is O=C(Nc1nccs1)c1ccc2cccc(-c3ccc(CN4CCCC4)nc3)c2n1. The standard InChI is InChI=1S/C23H21N5OS/c29-22(27-23-24-10-13-30-23)20-9-7-16-4-3-5-19(21(16)26-20)17-6-8-18(25-14-17)15-28-11-1-2-12-28/h3-10,13-14H,1-2,11-12,15H2,(H,24,27,29). The molecule has 7 heteroatoms. The summed E-state index contributed by atoms with van der Waals surface area (Å²) in [5.41, 5.74) is 4.20. The van der Waals surface area contributed by atoms with Crippen molar-refractivity contribution < 1.29 is 4.79 Å². The first-order chi connectivity index (χ1) is 14.8. The first-order valence-corrected chi connectivity index (χ1v) is 10.9. The molecule has 4 heterocycles. The highest BCUT2D eigenvalue weighted by molar-refractivity contribution is 7.13. The number of pyridine rings is 2. The van der Waals surface area contributed by atoms with Crippen molar-refractivity contribution in [2.45, 2.75) is 19.4 Å². The van der Waals surface area contributed by atoms with E-state index in [4.69, 9.17) is 0 Å². The number of thiazole rings is 1. The van der Waals surface area contributed by atoms with Crippen LogP contribution in [-0.4, -0.2) is 38.8 Å². The Morgan fingerprint density at radius 2 is 1.97 bits per heavy atom. The molecular weight excluding hydrogens is 394 g/mol. The Bertz CT molecular complexity index is 1170. The zero-order chi connectivity index (χ0) is 20.3. The molecule has 4 aromatic rings. The lowest BCUT2D eigenvalue weighted by Crippen LogP contribution is -2.18. The molecule has 0 atom stereocenters. The number of likely N-dealkylation sites (tertiary alicyclic amines) is 1. The smallest absolute Gasteiger partial charge is 0.276 e. The van der Waals surface area contributed by atoms with E-state index in [1.165, 1.54) is 24.2 Å². The molecule has 3 aromatic heterocycles. The summed E-state index contributed by atoms with van der Waals surface area (Å²) in [6.45, 7) is 3.21. The molecule has 150 valence electrons. The van der Waals surface area contributed by atoms with Crippen LogP contribution < -0.4 is 5.32 Å². The van der Waals surface area contributed by atoms with Gasteiger partial charge in [0.05, 0.1) is 11.2 Å². The van der Waals surface area contributed by atoms with Gasteiger partial charge in [0, 0.05) is 40.8 Å². The second-order valence-corrected chi connectivity index (χ2v) is 8.28. The van der Waals surface area contributed by atoms with Gasteiger partial charge in [-0.25, -0.2) is 9.97 Å². The number of carbonyl (C=O) groups excluding carboxylic acids is 1. The van der Waals surface area contributed by atoms with Gasteiger partial charge in [-0.2, -0.15) is 0 Å². The Morgan fingerprint density at radius 3 is 2.73 bits per heavy atom. The molecule has 0 spiro atoms. The fourth-order valence-corrected chi connectivity index (χ4v) is 4.32. The van der Waals surface area contributed by atoms with E-state index in [1.54, 1.807) is 12.3 Å². The number of hydrogen-bond donors (Lipinski definition) is 1. The monoisotopic (exact) mass is 415 g/mol. The van der Waals surface area contributed by atoms with Gasteiger partial charge in [0.15, 0.2) is 5.13 Å². The number of hydrogen-bond acceptors (Lipinski definition) is 6. The summed E-state index contributed by atoms with van der Waals surface area (Å²) in [6.07, 6.45) is 6.12. The Balaban J connectivity index is 1.44. The molecule has 1 aliphatic heterocycles. The maximum absolute atomic E-state index is 12.6. The van der Waals surface area contributed by atoms with Crippen LogP contribution in [0.25, 0.3) is 22.0 Å². The van der Waals surface area contributed by atoms with Crippen LogP contribution in [0.4, 0.5) is 5.13 Å². The van der Waals surface area contributed by atoms with Crippen molar-refractivity contribution >= 4 is 33.3 Å². The molecule has 0 saturated carbocycles. The van der Waals surface area contributed by atoms with Crippen LogP contribution in [0.5, 0.6) is 0 Å². The molecular formula is C23H21N5OS. The van der Waals surface area contributed by atoms with Crippen molar-refractivity contribution in [3.05, 3.63) is 71.6 Å². The number of aromatic nitrogens is 3. The third-order valence-corrected chi connectivity index (χ3v) is 6.01. The minimum atomic E-state index is -0.263. The maximum Gasteiger partial charge on any atom is 0.276 e. The van der Waals surface area contributed by atoms with Gasteiger partial charge in [0.25, 0.3) is 5.91 Å². The average Bonchev–Trinajstić information content (AvgIpc) is 3.48. The zero-order valence-electron chi connectivity index (χ0n) is 16.4. The summed E-state index contributed by atoms with van der Waals surface area (Å²) < 4.78 is 0. The number of carbonyl (C=O) groups is 1. The van der Waals surface area contributed by atoms with Crippen LogP contribution in [0.3, 0.4) is 0 Å². The number of amides is 1. The van der Waals surface area contributed by atoms with E-state index in [0.717, 1.165) is 47.4 Å². The summed E-state index contributed by atoms with van der Waals surface area (Å²) in [5, 5.41) is 6.16. The summed E-state index contributed by atoms with van der Waals surface area (Å²) in [6, 6.07) is 13.9. The molecule has 1 aromatic carbocycles. The van der Waals surface area contributed by atoms with E-state index in [1.807, 2.05) is 35.8 Å². The Kier molecular flexibility index (Phi) is 5.21. The number of benzene rings is 1. The minimum Gasteiger partial charge on any atom is -0.298 e. The van der Waals surface area contributed by atoms with Crippen LogP contribution in [0.15, 0.2) is 60.2 Å². The third kappa shape index (κ3) is 3.94. The van der Waals surface area contributed by atoms with Crippen molar-refractivity contribution in [2.75, 3.05) is 18.4 Å². The van der Waals surface area contributed by atoms with Crippen LogP contribution >= 0.6 is 11.3 Å². The molecule has 1 N–H and O–H groups in total. The van der Waals surface area contributed by atoms with Gasteiger partial charge in [-0.05, 0) is 38.1 Å². The molecule has 1 saturated heterocycles. The molecule has 1 fully saturated rings. The van der Waals surface area contributed by atoms with Gasteiger partial charge < -0.3 is 0 Å². The van der Waals surface area contributed by atoms with Gasteiger partial charge in [-0.3, -0.25) is 20.0 Å². The number of para-hydroxylation sites is 1. The number of nitrogens with zero attached hydrogens (tertiary/aromatic N) is 4. The summed E-state index contributed by atoms with van der Waals surface area (Å²) >= 11 is 1.38. The van der Waals surface area contributed by atoms with Gasteiger partial charge in [-0.1, -0.05) is 30.3 Å². The first kappa shape index (κ1) is 18.8. The second-order valence-electron chi connectivity index (χ2n) is 7.39. The third-order valence-electron chi connectivity index (χ3n) is 5.33. The molecule has 1 amide bonds. The van der Waals surface area contributed by atoms with Crippen LogP contribution in [-0.2, 0) is 6.54 Å². The Morgan fingerprint density at radius 1 is 1.07 bits per heavy atom. The van der Waals surface area contributed by atoms with E-state index < -0.39 is 0 Å². The van der Waals surface area contributed by atoms with E-state index in [-0.39, 0.29) is 5.91 Å². The first-order valence-electron chi connectivity index (χ1n) is 10.0. The van der Waals surface area contributed by atoms with E-state index in [9.17, 15) is 4.79 Å². The van der Waals surface area contributed by atoms with Crippen molar-refractivity contribution in [3.63, 3.8) is 0 Å². The zero-order valence-corrected chi connectivity index (χ0v) is 17.2. The number of nitrogens with one attached hydrogen (secondary N) is 1. The highest BCUT2D eigenvalue weighted by atomic mass is 32.1. The average molecular weight is 416 g/mol. The van der Waals surface area contributed by atoms with Crippen molar-refractivity contribution in [1.29, 1.82) is 0 Å². The largest absolute Gasteiger partial charge is 0.298 e. The fraction of sp³-hybridized carbons (Fsp3) is 0.217. The number of rotatable bonds is 5. The molecule has 5 rings (SSSR count). The van der Waals surface area contributed by atoms with Crippen LogP contribution in [0.2, 0.25) is 0 Å². The number of anilines is 1. The lowest BCUT2D eigenvalue weighted by Gasteiger charge is -2.14. The fourth-order valence-electron chi connectivity index (χ4n) is 3.80. The molecule has 0 bridgehead atoms. The van der Waals surface area contributed by atoms with Gasteiger partial charge in [0.2, 0.25) is 0 Å². The van der Waals surface area contributed by atoms with Gasteiger partial charge in [0.1, 0.15) is 5.69 Å². The van der Waals surface area contributed by atoms with E-state index in [2.05, 4.69) is 37.3 Å². The Hall–Kier alpha value is -3.16. The molecule has 1 aliphatic rings. The Labute approximate surface area is 178 Å². The quantitative estimate of drug-likeness (QED) is 0.516. The summed E-state index contributed by atoms with van der Waals surface area (Å²) in [5.74, 6) is -0.263. The topological polar surface area (TPSA) is 71.0 Å². The highest BCUT2D eigenvalue weighted by Crippen LogP contribution is 2.27. The predicted octanol–water partition coefficient (Wildman–Crippen LogP) is 4.60. The van der Waals surface area contributed by atoms with Gasteiger partial charge in [-0.15, -0.1) is 11.3 Å². The second kappa shape index (κ2) is 8.30. The van der Waals surface area contributed by atoms with E-state index >= 15 is 0 Å². The lowest BCUT2D eigenvalue weighted by atomic mass is 10.0. The molecule has 0 unspecified atom stereocenters. The predicted molar refractivity (Wildman–Crippen MR) is 120 cm³/mol. The van der Waals surface area contributed by atoms with Crippen molar-refractivity contribution in [2.24, 2.45) is 0 Å². The molecule has 6 nitrogen and oxygen atoms in total.